The van der Waals surface area contributed by atoms with Crippen LogP contribution in [0.2, 0.25) is 10.0 Å². The Morgan fingerprint density at radius 1 is 1.03 bits per heavy atom. The number of benzene rings is 3. The van der Waals surface area contributed by atoms with Crippen molar-refractivity contribution in [2.75, 3.05) is 13.2 Å². The Morgan fingerprint density at radius 3 is 2.56 bits per heavy atom. The molecule has 1 aromatic heterocycles. The number of halogens is 2. The minimum absolute atomic E-state index is 0.0280. The molecule has 5 rings (SSSR count). The molecule has 2 N–H and O–H groups in total. The van der Waals surface area contributed by atoms with Gasteiger partial charge in [-0.2, -0.15) is 5.10 Å². The third kappa shape index (κ3) is 5.04. The van der Waals surface area contributed by atoms with Crippen LogP contribution in [0.5, 0.6) is 17.2 Å². The summed E-state index contributed by atoms with van der Waals surface area (Å²) in [5, 5.41) is 19.3. The van der Waals surface area contributed by atoms with E-state index in [2.05, 4.69) is 10.2 Å². The van der Waals surface area contributed by atoms with E-state index in [-0.39, 0.29) is 18.2 Å². The molecule has 39 heavy (non-hydrogen) atoms. The zero-order valence-corrected chi connectivity index (χ0v) is 23.4. The van der Waals surface area contributed by atoms with Gasteiger partial charge in [0.05, 0.1) is 19.3 Å². The average Bonchev–Trinajstić information content (AvgIpc) is 3.46. The van der Waals surface area contributed by atoms with Gasteiger partial charge in [0.25, 0.3) is 5.91 Å². The van der Waals surface area contributed by atoms with Crippen LogP contribution < -0.4 is 9.47 Å². The maximum Gasteiger partial charge on any atom is 0.273 e. The first-order valence-corrected chi connectivity index (χ1v) is 13.6. The Kier molecular flexibility index (Phi) is 7.73. The molecule has 202 valence electrons. The molecule has 0 saturated carbocycles. The van der Waals surface area contributed by atoms with Crippen molar-refractivity contribution in [2.45, 2.75) is 39.8 Å². The van der Waals surface area contributed by atoms with Crippen LogP contribution in [0.15, 0.2) is 54.6 Å². The zero-order valence-electron chi connectivity index (χ0n) is 21.9. The number of amides is 1. The second kappa shape index (κ2) is 11.2. The Hall–Kier alpha value is -3.68. The van der Waals surface area contributed by atoms with Crippen LogP contribution in [0.25, 0.3) is 11.3 Å². The molecular formula is C30H29Cl2N3O4. The first-order chi connectivity index (χ1) is 18.8. The van der Waals surface area contributed by atoms with Crippen molar-refractivity contribution >= 4 is 29.1 Å². The van der Waals surface area contributed by atoms with Crippen LogP contribution in [-0.2, 0) is 6.54 Å². The van der Waals surface area contributed by atoms with Gasteiger partial charge in [0.2, 0.25) is 0 Å². The molecule has 4 aromatic rings. The maximum atomic E-state index is 13.8. The number of phenolic OH excluding ortho intramolecular Hbond substituents is 1. The summed E-state index contributed by atoms with van der Waals surface area (Å²) in [4.78, 5) is 15.6. The van der Waals surface area contributed by atoms with E-state index in [1.165, 1.54) is 0 Å². The highest BCUT2D eigenvalue weighted by atomic mass is 35.5. The van der Waals surface area contributed by atoms with E-state index in [1.54, 1.807) is 23.1 Å². The Morgan fingerprint density at radius 2 is 1.82 bits per heavy atom. The Balaban J connectivity index is 1.68. The SMILES string of the molecule is CCCOc1ccc(C2c3c(-c4cc(Cl)c(C)cc4O)n[nH]c3C(=O)N2Cc2ccccc2Cl)cc1OCC. The van der Waals surface area contributed by atoms with E-state index in [4.69, 9.17) is 32.7 Å². The summed E-state index contributed by atoms with van der Waals surface area (Å²) in [6, 6.07) is 15.9. The zero-order chi connectivity index (χ0) is 27.7. The van der Waals surface area contributed by atoms with Gasteiger partial charge in [-0.1, -0.05) is 54.4 Å². The number of rotatable bonds is 9. The van der Waals surface area contributed by atoms with E-state index in [1.807, 2.05) is 57.2 Å². The molecule has 7 nitrogen and oxygen atoms in total. The fourth-order valence-electron chi connectivity index (χ4n) is 4.87. The van der Waals surface area contributed by atoms with Crippen molar-refractivity contribution < 1.29 is 19.4 Å². The fourth-order valence-corrected chi connectivity index (χ4v) is 5.23. The number of nitrogens with zero attached hydrogens (tertiary/aromatic N) is 2. The van der Waals surface area contributed by atoms with Crippen LogP contribution in [0.4, 0.5) is 0 Å². The molecule has 0 fully saturated rings. The van der Waals surface area contributed by atoms with E-state index in [0.29, 0.717) is 57.3 Å². The molecule has 0 bridgehead atoms. The lowest BCUT2D eigenvalue weighted by molar-refractivity contribution is 0.0730. The molecule has 3 aromatic carbocycles. The number of hydrogen-bond acceptors (Lipinski definition) is 5. The number of phenols is 1. The van der Waals surface area contributed by atoms with Gasteiger partial charge in [0.1, 0.15) is 17.1 Å². The van der Waals surface area contributed by atoms with Crippen molar-refractivity contribution in [3.63, 3.8) is 0 Å². The molecule has 1 aliphatic rings. The number of aromatic hydroxyl groups is 1. The summed E-state index contributed by atoms with van der Waals surface area (Å²) in [5.41, 5.74) is 4.24. The standard InChI is InChI=1S/C30H29Cl2N3O4/c1-4-12-39-24-11-10-18(14-25(24)38-5-2)29-26-27(20-15-22(32)17(3)13-23(20)36)33-34-28(26)30(37)35(29)16-19-8-6-7-9-21(19)31/h6-11,13-15,29,36H,4-5,12,16H2,1-3H3,(H,33,34). The van der Waals surface area contributed by atoms with Gasteiger partial charge in [0, 0.05) is 27.7 Å². The highest BCUT2D eigenvalue weighted by Gasteiger charge is 2.43. The predicted molar refractivity (Wildman–Crippen MR) is 152 cm³/mol. The van der Waals surface area contributed by atoms with Crippen LogP contribution in [0.3, 0.4) is 0 Å². The molecule has 1 aliphatic heterocycles. The molecule has 1 atom stereocenters. The smallest absolute Gasteiger partial charge is 0.273 e. The van der Waals surface area contributed by atoms with Crippen molar-refractivity contribution in [2.24, 2.45) is 0 Å². The van der Waals surface area contributed by atoms with Gasteiger partial charge in [0.15, 0.2) is 11.5 Å². The second-order valence-electron chi connectivity index (χ2n) is 9.39. The highest BCUT2D eigenvalue weighted by Crippen LogP contribution is 2.47. The summed E-state index contributed by atoms with van der Waals surface area (Å²) in [6.07, 6.45) is 0.862. The fraction of sp³-hybridized carbons (Fsp3) is 0.267. The summed E-state index contributed by atoms with van der Waals surface area (Å²) in [5.74, 6) is 1.03. The van der Waals surface area contributed by atoms with Gasteiger partial charge < -0.3 is 19.5 Å². The maximum absolute atomic E-state index is 13.8. The topological polar surface area (TPSA) is 87.7 Å². The van der Waals surface area contributed by atoms with Gasteiger partial charge in [-0.3, -0.25) is 9.89 Å². The number of aromatic nitrogens is 2. The number of ether oxygens (including phenoxy) is 2. The monoisotopic (exact) mass is 565 g/mol. The number of H-pyrrole nitrogens is 1. The third-order valence-corrected chi connectivity index (χ3v) is 7.52. The van der Waals surface area contributed by atoms with E-state index in [0.717, 1.165) is 23.1 Å². The third-order valence-electron chi connectivity index (χ3n) is 6.74. The number of carbonyl (C=O) groups is 1. The van der Waals surface area contributed by atoms with Crippen molar-refractivity contribution in [1.82, 2.24) is 15.1 Å². The predicted octanol–water partition coefficient (Wildman–Crippen LogP) is 7.33. The van der Waals surface area contributed by atoms with Crippen LogP contribution in [0, 0.1) is 6.92 Å². The minimum Gasteiger partial charge on any atom is -0.507 e. The Bertz CT molecular complexity index is 1530. The quantitative estimate of drug-likeness (QED) is 0.222. The minimum atomic E-state index is -0.545. The molecule has 0 spiro atoms. The lowest BCUT2D eigenvalue weighted by Gasteiger charge is -2.27. The van der Waals surface area contributed by atoms with E-state index < -0.39 is 6.04 Å². The second-order valence-corrected chi connectivity index (χ2v) is 10.2. The largest absolute Gasteiger partial charge is 0.507 e. The average molecular weight is 566 g/mol. The number of nitrogens with one attached hydrogen (secondary N) is 1. The molecule has 2 heterocycles. The molecule has 1 unspecified atom stereocenters. The molecule has 1 amide bonds. The van der Waals surface area contributed by atoms with Crippen molar-refractivity contribution in [1.29, 1.82) is 0 Å². The summed E-state index contributed by atoms with van der Waals surface area (Å²) in [6.45, 7) is 7.05. The van der Waals surface area contributed by atoms with Crippen molar-refractivity contribution in [3.05, 3.63) is 92.6 Å². The van der Waals surface area contributed by atoms with Gasteiger partial charge in [-0.15, -0.1) is 0 Å². The Labute approximate surface area is 237 Å². The molecule has 0 saturated heterocycles. The molecule has 9 heteroatoms. The molecular weight excluding hydrogens is 537 g/mol. The number of fused-ring (bicyclic) bond motifs is 1. The normalized spacial score (nSPS) is 14.5. The number of hydrogen-bond donors (Lipinski definition) is 2. The number of aryl methyl sites for hydroxylation is 1. The van der Waals surface area contributed by atoms with E-state index in [9.17, 15) is 9.90 Å². The first kappa shape index (κ1) is 26.9. The summed E-state index contributed by atoms with van der Waals surface area (Å²) in [7, 11) is 0. The molecule has 0 aliphatic carbocycles. The van der Waals surface area contributed by atoms with Crippen LogP contribution in [-0.4, -0.2) is 39.3 Å². The summed E-state index contributed by atoms with van der Waals surface area (Å²) >= 11 is 12.9. The first-order valence-electron chi connectivity index (χ1n) is 12.9. The highest BCUT2D eigenvalue weighted by molar-refractivity contribution is 6.32. The van der Waals surface area contributed by atoms with Gasteiger partial charge >= 0.3 is 0 Å². The lowest BCUT2D eigenvalue weighted by atomic mass is 9.94. The van der Waals surface area contributed by atoms with E-state index >= 15 is 0 Å². The van der Waals surface area contributed by atoms with Gasteiger partial charge in [-0.25, -0.2) is 0 Å². The van der Waals surface area contributed by atoms with Crippen LogP contribution >= 0.6 is 23.2 Å². The number of carbonyl (C=O) groups excluding carboxylic acids is 1. The molecule has 0 radical (unpaired) electrons. The van der Waals surface area contributed by atoms with Crippen molar-refractivity contribution in [3.8, 4) is 28.5 Å². The summed E-state index contributed by atoms with van der Waals surface area (Å²) < 4.78 is 11.8. The number of aromatic amines is 1. The van der Waals surface area contributed by atoms with Gasteiger partial charge in [-0.05, 0) is 67.3 Å². The van der Waals surface area contributed by atoms with Crippen LogP contribution in [0.1, 0.15) is 59.1 Å². The lowest BCUT2D eigenvalue weighted by Crippen LogP contribution is -2.29.